The van der Waals surface area contributed by atoms with Gasteiger partial charge in [0.1, 0.15) is 11.9 Å². The Hall–Kier alpha value is -1.91. The topological polar surface area (TPSA) is 49.4 Å². The molecule has 18 heavy (non-hydrogen) atoms. The maximum atomic E-state index is 13.2. The van der Waals surface area contributed by atoms with Gasteiger partial charge in [0.2, 0.25) is 11.8 Å². The van der Waals surface area contributed by atoms with E-state index in [4.69, 9.17) is 0 Å². The Bertz CT molecular complexity index is 502. The normalized spacial score (nSPS) is 19.6. The summed E-state index contributed by atoms with van der Waals surface area (Å²) in [5.41, 5.74) is 1.30. The van der Waals surface area contributed by atoms with Crippen molar-refractivity contribution in [3.63, 3.8) is 0 Å². The zero-order valence-corrected chi connectivity index (χ0v) is 10.4. The number of benzene rings is 1. The lowest BCUT2D eigenvalue weighted by molar-refractivity contribution is -0.134. The number of likely N-dealkylation sites (N-methyl/N-ethyl adjacent to an activating group) is 1. The average molecular weight is 250 g/mol. The van der Waals surface area contributed by atoms with Crippen LogP contribution in [0.25, 0.3) is 0 Å². The number of carbonyl (C=O) groups is 2. The largest absolute Gasteiger partial charge is 0.363 e. The number of aryl methyl sites for hydroxylation is 1. The number of nitrogens with one attached hydrogen (secondary N) is 1. The molecule has 2 rings (SSSR count). The van der Waals surface area contributed by atoms with E-state index in [-0.39, 0.29) is 23.7 Å². The van der Waals surface area contributed by atoms with E-state index in [0.29, 0.717) is 18.4 Å². The molecule has 0 bridgehead atoms. The van der Waals surface area contributed by atoms with Crippen LogP contribution in [-0.2, 0) is 9.59 Å². The van der Waals surface area contributed by atoms with E-state index in [2.05, 4.69) is 5.32 Å². The number of halogens is 1. The number of nitrogens with zero attached hydrogens (tertiary/aromatic N) is 1. The molecule has 1 fully saturated rings. The third-order valence-corrected chi connectivity index (χ3v) is 3.23. The second-order valence-corrected chi connectivity index (χ2v) is 4.51. The van der Waals surface area contributed by atoms with Crippen molar-refractivity contribution in [2.75, 3.05) is 11.9 Å². The van der Waals surface area contributed by atoms with E-state index in [9.17, 15) is 14.0 Å². The summed E-state index contributed by atoms with van der Waals surface area (Å²) in [6, 6.07) is 4.32. The number of hydrogen-bond acceptors (Lipinski definition) is 3. The molecule has 0 aliphatic carbocycles. The lowest BCUT2D eigenvalue weighted by Crippen LogP contribution is -2.51. The fourth-order valence-corrected chi connectivity index (χ4v) is 2.08. The van der Waals surface area contributed by atoms with Crippen LogP contribution >= 0.6 is 0 Å². The summed E-state index contributed by atoms with van der Waals surface area (Å²) in [7, 11) is 1.77. The number of anilines is 1. The number of imide groups is 1. The number of hydrogen-bond donors (Lipinski definition) is 1. The first kappa shape index (κ1) is 12.5. The molecule has 1 aromatic carbocycles. The van der Waals surface area contributed by atoms with E-state index in [1.807, 2.05) is 0 Å². The standard InChI is InChI=1S/C13H15FN2O2/c1-8-7-9(3-4-10(8)14)16(2)11-5-6-12(17)15-13(11)18/h3-4,7,11H,5-6H2,1-2H3,(H,15,17,18). The Morgan fingerprint density at radius 3 is 2.72 bits per heavy atom. The number of carbonyl (C=O) groups excluding carboxylic acids is 2. The van der Waals surface area contributed by atoms with Crippen LogP contribution in [0.1, 0.15) is 18.4 Å². The smallest absolute Gasteiger partial charge is 0.249 e. The van der Waals surface area contributed by atoms with Gasteiger partial charge in [-0.3, -0.25) is 14.9 Å². The monoisotopic (exact) mass is 250 g/mol. The maximum absolute atomic E-state index is 13.2. The van der Waals surface area contributed by atoms with Crippen molar-refractivity contribution in [1.29, 1.82) is 0 Å². The Morgan fingerprint density at radius 1 is 1.39 bits per heavy atom. The van der Waals surface area contributed by atoms with Crippen molar-refractivity contribution < 1.29 is 14.0 Å². The molecule has 5 heteroatoms. The summed E-state index contributed by atoms with van der Waals surface area (Å²) < 4.78 is 13.2. The highest BCUT2D eigenvalue weighted by molar-refractivity contribution is 6.01. The van der Waals surface area contributed by atoms with Gasteiger partial charge in [-0.15, -0.1) is 0 Å². The summed E-state index contributed by atoms with van der Waals surface area (Å²) in [4.78, 5) is 24.6. The van der Waals surface area contributed by atoms with Gasteiger partial charge in [-0.25, -0.2) is 4.39 Å². The Balaban J connectivity index is 2.20. The highest BCUT2D eigenvalue weighted by atomic mass is 19.1. The van der Waals surface area contributed by atoms with Gasteiger partial charge in [-0.2, -0.15) is 0 Å². The summed E-state index contributed by atoms with van der Waals surface area (Å²) in [5.74, 6) is -0.800. The van der Waals surface area contributed by atoms with Crippen LogP contribution in [-0.4, -0.2) is 24.9 Å². The quantitative estimate of drug-likeness (QED) is 0.807. The Morgan fingerprint density at radius 2 is 2.11 bits per heavy atom. The van der Waals surface area contributed by atoms with Crippen LogP contribution in [0.15, 0.2) is 18.2 Å². The van der Waals surface area contributed by atoms with Crippen LogP contribution in [0, 0.1) is 12.7 Å². The molecule has 0 spiro atoms. The molecule has 96 valence electrons. The molecule has 1 unspecified atom stereocenters. The molecule has 4 nitrogen and oxygen atoms in total. The molecule has 1 atom stereocenters. The van der Waals surface area contributed by atoms with Gasteiger partial charge in [0, 0.05) is 19.2 Å². The van der Waals surface area contributed by atoms with Crippen LogP contribution in [0.4, 0.5) is 10.1 Å². The molecule has 2 amide bonds. The van der Waals surface area contributed by atoms with Crippen molar-refractivity contribution >= 4 is 17.5 Å². The van der Waals surface area contributed by atoms with Crippen molar-refractivity contribution in [2.24, 2.45) is 0 Å². The first-order valence-electron chi connectivity index (χ1n) is 5.81. The second-order valence-electron chi connectivity index (χ2n) is 4.51. The molecule has 0 aromatic heterocycles. The van der Waals surface area contributed by atoms with E-state index >= 15 is 0 Å². The fourth-order valence-electron chi connectivity index (χ4n) is 2.08. The first-order chi connectivity index (χ1) is 8.49. The Kier molecular flexibility index (Phi) is 3.32. The highest BCUT2D eigenvalue weighted by Gasteiger charge is 2.30. The molecule has 1 heterocycles. The van der Waals surface area contributed by atoms with E-state index in [1.54, 1.807) is 31.0 Å². The van der Waals surface area contributed by atoms with Gasteiger partial charge < -0.3 is 4.90 Å². The fraction of sp³-hybridized carbons (Fsp3) is 0.385. The van der Waals surface area contributed by atoms with Crippen LogP contribution in [0.3, 0.4) is 0 Å². The van der Waals surface area contributed by atoms with Crippen LogP contribution in [0.5, 0.6) is 0 Å². The van der Waals surface area contributed by atoms with E-state index in [0.717, 1.165) is 5.69 Å². The lowest BCUT2D eigenvalue weighted by Gasteiger charge is -2.31. The minimum atomic E-state index is -0.382. The average Bonchev–Trinajstić information content (AvgIpc) is 2.32. The summed E-state index contributed by atoms with van der Waals surface area (Å²) >= 11 is 0. The molecular formula is C13H15FN2O2. The minimum absolute atomic E-state index is 0.236. The zero-order chi connectivity index (χ0) is 13.3. The molecule has 1 aliphatic heterocycles. The van der Waals surface area contributed by atoms with Crippen molar-refractivity contribution in [3.05, 3.63) is 29.6 Å². The maximum Gasteiger partial charge on any atom is 0.249 e. The molecule has 1 saturated heterocycles. The summed E-state index contributed by atoms with van der Waals surface area (Å²) in [5, 5.41) is 2.31. The predicted octanol–water partition coefficient (Wildman–Crippen LogP) is 1.38. The third-order valence-electron chi connectivity index (χ3n) is 3.23. The predicted molar refractivity (Wildman–Crippen MR) is 65.7 cm³/mol. The number of amides is 2. The third kappa shape index (κ3) is 2.34. The van der Waals surface area contributed by atoms with Crippen LogP contribution < -0.4 is 10.2 Å². The van der Waals surface area contributed by atoms with Crippen molar-refractivity contribution in [2.45, 2.75) is 25.8 Å². The van der Waals surface area contributed by atoms with Gasteiger partial charge in [0.25, 0.3) is 0 Å². The highest BCUT2D eigenvalue weighted by Crippen LogP contribution is 2.22. The lowest BCUT2D eigenvalue weighted by atomic mass is 10.0. The van der Waals surface area contributed by atoms with Gasteiger partial charge in [0.15, 0.2) is 0 Å². The zero-order valence-electron chi connectivity index (χ0n) is 10.4. The number of rotatable bonds is 2. The molecule has 1 aromatic rings. The second kappa shape index (κ2) is 4.76. The molecule has 0 radical (unpaired) electrons. The summed E-state index contributed by atoms with van der Waals surface area (Å²) in [6.45, 7) is 1.68. The minimum Gasteiger partial charge on any atom is -0.363 e. The van der Waals surface area contributed by atoms with Gasteiger partial charge in [-0.1, -0.05) is 0 Å². The van der Waals surface area contributed by atoms with Crippen molar-refractivity contribution in [3.8, 4) is 0 Å². The molecular weight excluding hydrogens is 235 g/mol. The molecule has 0 saturated carbocycles. The molecule has 1 N–H and O–H groups in total. The van der Waals surface area contributed by atoms with Gasteiger partial charge >= 0.3 is 0 Å². The molecule has 1 aliphatic rings. The summed E-state index contributed by atoms with van der Waals surface area (Å²) in [6.07, 6.45) is 0.818. The van der Waals surface area contributed by atoms with Crippen molar-refractivity contribution in [1.82, 2.24) is 5.32 Å². The first-order valence-corrected chi connectivity index (χ1v) is 5.81. The van der Waals surface area contributed by atoms with Gasteiger partial charge in [-0.05, 0) is 37.1 Å². The van der Waals surface area contributed by atoms with Crippen LogP contribution in [0.2, 0.25) is 0 Å². The number of piperidine rings is 1. The van der Waals surface area contributed by atoms with Gasteiger partial charge in [0.05, 0.1) is 0 Å². The van der Waals surface area contributed by atoms with E-state index < -0.39 is 0 Å². The Labute approximate surface area is 105 Å². The van der Waals surface area contributed by atoms with E-state index in [1.165, 1.54) is 6.07 Å². The SMILES string of the molecule is Cc1cc(N(C)C2CCC(=O)NC2=O)ccc1F.